The molecule has 0 amide bonds. The van der Waals surface area contributed by atoms with Crippen LogP contribution in [0.5, 0.6) is 11.5 Å². The minimum absolute atomic E-state index is 0.223. The van der Waals surface area contributed by atoms with E-state index in [9.17, 15) is 9.59 Å². The Morgan fingerprint density at radius 3 is 2.34 bits per heavy atom. The van der Waals surface area contributed by atoms with Crippen LogP contribution in [-0.2, 0) is 16.1 Å². The zero-order chi connectivity index (χ0) is 31.4. The van der Waals surface area contributed by atoms with Crippen LogP contribution in [0.1, 0.15) is 74.4 Å². The number of hydrogen-bond donors (Lipinski definition) is 0. The molecule has 0 N–H and O–H groups in total. The van der Waals surface area contributed by atoms with E-state index < -0.39 is 12.0 Å². The first kappa shape index (κ1) is 31.0. The van der Waals surface area contributed by atoms with Crippen molar-refractivity contribution in [2.45, 2.75) is 60.1 Å². The van der Waals surface area contributed by atoms with E-state index in [1.165, 1.54) is 22.5 Å². The summed E-state index contributed by atoms with van der Waals surface area (Å²) in [5, 5.41) is 0. The predicted molar refractivity (Wildman–Crippen MR) is 174 cm³/mol. The van der Waals surface area contributed by atoms with E-state index in [2.05, 4.69) is 32.9 Å². The number of fused-ring (bicyclic) bond motifs is 1. The maximum absolute atomic E-state index is 14.0. The lowest BCUT2D eigenvalue weighted by atomic mass is 9.93. The van der Waals surface area contributed by atoms with Crippen molar-refractivity contribution in [2.75, 3.05) is 13.2 Å². The molecule has 1 aliphatic rings. The zero-order valence-electron chi connectivity index (χ0n) is 26.0. The third kappa shape index (κ3) is 6.55. The van der Waals surface area contributed by atoms with Gasteiger partial charge in [-0.25, -0.2) is 9.79 Å². The largest absolute Gasteiger partial charge is 0.490 e. The van der Waals surface area contributed by atoms with E-state index in [1.807, 2.05) is 67.6 Å². The SMILES string of the molecule is CCOC(=O)C1=C(C)N=c2s/c(=C/c3ccc(OCc4ccc(C)cc4)c(OCC)c3)c(=O)n2C1c1ccc(C(C)C)cc1. The smallest absolute Gasteiger partial charge is 0.338 e. The van der Waals surface area contributed by atoms with Crippen LogP contribution in [-0.4, -0.2) is 23.8 Å². The zero-order valence-corrected chi connectivity index (χ0v) is 26.9. The Morgan fingerprint density at radius 2 is 1.68 bits per heavy atom. The molecule has 0 spiro atoms. The van der Waals surface area contributed by atoms with Gasteiger partial charge in [-0.1, -0.05) is 85.3 Å². The van der Waals surface area contributed by atoms with Crippen LogP contribution in [0, 0.1) is 6.92 Å². The molecule has 1 atom stereocenters. The van der Waals surface area contributed by atoms with Gasteiger partial charge in [-0.15, -0.1) is 0 Å². The summed E-state index contributed by atoms with van der Waals surface area (Å²) in [6.45, 7) is 12.9. The molecule has 1 aliphatic heterocycles. The van der Waals surface area contributed by atoms with E-state index in [4.69, 9.17) is 19.2 Å². The standard InChI is InChI=1S/C36H38N2O5S/c1-7-41-30-19-26(13-18-29(30)43-21-25-11-9-23(5)10-12-25)20-31-34(39)38-33(28-16-14-27(15-17-28)22(3)4)32(35(40)42-8-2)24(6)37-36(38)44-31/h9-20,22,33H,7-8,21H2,1-6H3/b31-20+. The first-order valence-electron chi connectivity index (χ1n) is 14.9. The van der Waals surface area contributed by atoms with Gasteiger partial charge in [0.2, 0.25) is 0 Å². The topological polar surface area (TPSA) is 79.1 Å². The van der Waals surface area contributed by atoms with E-state index >= 15 is 0 Å². The molecule has 0 bridgehead atoms. The Labute approximate surface area is 261 Å². The lowest BCUT2D eigenvalue weighted by Crippen LogP contribution is -2.39. The van der Waals surface area contributed by atoms with Gasteiger partial charge in [-0.2, -0.15) is 0 Å². The van der Waals surface area contributed by atoms with Crippen molar-refractivity contribution in [1.82, 2.24) is 4.57 Å². The number of carbonyl (C=O) groups excluding carboxylic acids is 1. The quantitative estimate of drug-likeness (QED) is 0.200. The molecule has 5 rings (SSSR count). The molecule has 4 aromatic rings. The molecule has 7 nitrogen and oxygen atoms in total. The van der Waals surface area contributed by atoms with Gasteiger partial charge >= 0.3 is 5.97 Å². The lowest BCUT2D eigenvalue weighted by Gasteiger charge is -2.25. The Balaban J connectivity index is 1.55. The molecule has 1 aromatic heterocycles. The minimum Gasteiger partial charge on any atom is -0.490 e. The van der Waals surface area contributed by atoms with Crippen molar-refractivity contribution < 1.29 is 19.0 Å². The third-order valence-electron chi connectivity index (χ3n) is 7.52. The summed E-state index contributed by atoms with van der Waals surface area (Å²) < 4.78 is 19.5. The van der Waals surface area contributed by atoms with Crippen molar-refractivity contribution in [1.29, 1.82) is 0 Å². The number of aryl methyl sites for hydroxylation is 1. The summed E-state index contributed by atoms with van der Waals surface area (Å²) in [4.78, 5) is 32.4. The highest BCUT2D eigenvalue weighted by atomic mass is 32.1. The van der Waals surface area contributed by atoms with Crippen molar-refractivity contribution in [3.05, 3.63) is 126 Å². The van der Waals surface area contributed by atoms with E-state index in [0.29, 0.717) is 51.2 Å². The summed E-state index contributed by atoms with van der Waals surface area (Å²) in [6, 6.07) is 21.3. The summed E-state index contributed by atoms with van der Waals surface area (Å²) in [7, 11) is 0. The molecule has 2 heterocycles. The van der Waals surface area contributed by atoms with Crippen molar-refractivity contribution in [3.63, 3.8) is 0 Å². The highest BCUT2D eigenvalue weighted by Crippen LogP contribution is 2.32. The normalized spacial score (nSPS) is 14.8. The van der Waals surface area contributed by atoms with Crippen molar-refractivity contribution in [2.24, 2.45) is 4.99 Å². The molecule has 0 radical (unpaired) electrons. The molecular weight excluding hydrogens is 572 g/mol. The van der Waals surface area contributed by atoms with Crippen molar-refractivity contribution in [3.8, 4) is 11.5 Å². The molecule has 0 aliphatic carbocycles. The number of carbonyl (C=O) groups is 1. The summed E-state index contributed by atoms with van der Waals surface area (Å²) in [5.74, 6) is 1.12. The predicted octanol–water partition coefficient (Wildman–Crippen LogP) is 6.21. The maximum Gasteiger partial charge on any atom is 0.338 e. The summed E-state index contributed by atoms with van der Waals surface area (Å²) >= 11 is 1.30. The fourth-order valence-electron chi connectivity index (χ4n) is 5.17. The van der Waals surface area contributed by atoms with Crippen LogP contribution in [0.15, 0.2) is 87.8 Å². The Bertz CT molecular complexity index is 1870. The third-order valence-corrected chi connectivity index (χ3v) is 8.50. The number of esters is 1. The van der Waals surface area contributed by atoms with Crippen LogP contribution < -0.4 is 24.4 Å². The van der Waals surface area contributed by atoms with Gasteiger partial charge in [0.15, 0.2) is 16.3 Å². The number of hydrogen-bond acceptors (Lipinski definition) is 7. The highest BCUT2D eigenvalue weighted by Gasteiger charge is 2.33. The van der Waals surface area contributed by atoms with Gasteiger partial charge in [0.05, 0.1) is 35.1 Å². The number of aromatic nitrogens is 1. The van der Waals surface area contributed by atoms with Gasteiger partial charge < -0.3 is 14.2 Å². The number of rotatable bonds is 10. The van der Waals surface area contributed by atoms with E-state index in [0.717, 1.165) is 16.7 Å². The molecule has 1 unspecified atom stereocenters. The molecule has 44 heavy (non-hydrogen) atoms. The van der Waals surface area contributed by atoms with Gasteiger partial charge in [-0.3, -0.25) is 9.36 Å². The van der Waals surface area contributed by atoms with Crippen LogP contribution in [0.2, 0.25) is 0 Å². The second-order valence-corrected chi connectivity index (χ2v) is 12.0. The first-order valence-corrected chi connectivity index (χ1v) is 15.8. The highest BCUT2D eigenvalue weighted by molar-refractivity contribution is 7.07. The number of thiazole rings is 1. The fraction of sp³-hybridized carbons (Fsp3) is 0.306. The van der Waals surface area contributed by atoms with Crippen LogP contribution in [0.4, 0.5) is 0 Å². The molecule has 0 saturated heterocycles. The van der Waals surface area contributed by atoms with Gasteiger partial charge in [0.1, 0.15) is 6.61 Å². The second kappa shape index (κ2) is 13.5. The second-order valence-electron chi connectivity index (χ2n) is 11.0. The average molecular weight is 611 g/mol. The number of nitrogens with zero attached hydrogens (tertiary/aromatic N) is 2. The van der Waals surface area contributed by atoms with E-state index in [-0.39, 0.29) is 12.2 Å². The number of benzene rings is 3. The fourth-order valence-corrected chi connectivity index (χ4v) is 6.22. The Kier molecular flexibility index (Phi) is 9.49. The van der Waals surface area contributed by atoms with Gasteiger partial charge in [0, 0.05) is 0 Å². The Hall–Kier alpha value is -4.43. The molecule has 0 fully saturated rings. The van der Waals surface area contributed by atoms with Crippen LogP contribution >= 0.6 is 11.3 Å². The number of ether oxygens (including phenoxy) is 3. The molecule has 228 valence electrons. The average Bonchev–Trinajstić information content (AvgIpc) is 3.31. The summed E-state index contributed by atoms with van der Waals surface area (Å²) in [6.07, 6.45) is 1.83. The van der Waals surface area contributed by atoms with Gasteiger partial charge in [0.25, 0.3) is 5.56 Å². The maximum atomic E-state index is 14.0. The van der Waals surface area contributed by atoms with Crippen molar-refractivity contribution >= 4 is 23.4 Å². The molecule has 0 saturated carbocycles. The molecule has 8 heteroatoms. The molecular formula is C36H38N2O5S. The Morgan fingerprint density at radius 1 is 0.955 bits per heavy atom. The first-order chi connectivity index (χ1) is 21.2. The minimum atomic E-state index is -0.648. The number of allylic oxidation sites excluding steroid dienone is 1. The van der Waals surface area contributed by atoms with Crippen LogP contribution in [0.25, 0.3) is 6.08 Å². The van der Waals surface area contributed by atoms with Crippen LogP contribution in [0.3, 0.4) is 0 Å². The monoisotopic (exact) mass is 610 g/mol. The van der Waals surface area contributed by atoms with Gasteiger partial charge in [-0.05, 0) is 74.1 Å². The summed E-state index contributed by atoms with van der Waals surface area (Å²) in [5.41, 5.74) is 5.75. The molecule has 3 aromatic carbocycles. The lowest BCUT2D eigenvalue weighted by molar-refractivity contribution is -0.139. The van der Waals surface area contributed by atoms with E-state index in [1.54, 1.807) is 18.4 Å².